The van der Waals surface area contributed by atoms with Crippen molar-refractivity contribution in [2.45, 2.75) is 18.8 Å². The van der Waals surface area contributed by atoms with Crippen LogP contribution in [0.1, 0.15) is 40.2 Å². The molecule has 0 atom stereocenters. The molecule has 0 bridgehead atoms. The number of hydrogen-bond acceptors (Lipinski definition) is 6. The number of ketones is 1. The summed E-state index contributed by atoms with van der Waals surface area (Å²) in [5.41, 5.74) is 3.57. The summed E-state index contributed by atoms with van der Waals surface area (Å²) in [6.07, 6.45) is 5.38. The third kappa shape index (κ3) is 6.48. The van der Waals surface area contributed by atoms with Gasteiger partial charge in [0.15, 0.2) is 5.78 Å². The summed E-state index contributed by atoms with van der Waals surface area (Å²) in [6, 6.07) is 13.0. The Morgan fingerprint density at radius 1 is 0.971 bits per heavy atom. The minimum absolute atomic E-state index is 0.0126. The van der Waals surface area contributed by atoms with Crippen LogP contribution in [0.4, 0.5) is 0 Å². The minimum Gasteiger partial charge on any atom is -0.497 e. The zero-order chi connectivity index (χ0) is 25.5. The van der Waals surface area contributed by atoms with Crippen LogP contribution in [-0.2, 0) is 9.59 Å². The van der Waals surface area contributed by atoms with E-state index in [1.807, 2.05) is 36.5 Å². The van der Waals surface area contributed by atoms with Crippen LogP contribution in [0.25, 0.3) is 10.9 Å². The molecule has 3 aromatic rings. The van der Waals surface area contributed by atoms with Crippen molar-refractivity contribution in [2.24, 2.45) is 0 Å². The summed E-state index contributed by atoms with van der Waals surface area (Å²) in [6.45, 7) is 2.18. The number of aromatic nitrogens is 1. The lowest BCUT2D eigenvalue weighted by molar-refractivity contribution is -0.134. The predicted molar refractivity (Wildman–Crippen MR) is 132 cm³/mol. The van der Waals surface area contributed by atoms with Crippen LogP contribution in [0.15, 0.2) is 60.8 Å². The fourth-order valence-electron chi connectivity index (χ4n) is 4.12. The quantitative estimate of drug-likeness (QED) is 0.279. The van der Waals surface area contributed by atoms with Crippen LogP contribution in [-0.4, -0.2) is 64.8 Å². The Morgan fingerprint density at radius 2 is 1.54 bits per heavy atom. The van der Waals surface area contributed by atoms with Gasteiger partial charge >= 0.3 is 11.9 Å². The molecule has 0 radical (unpaired) electrons. The highest BCUT2D eigenvalue weighted by Gasteiger charge is 2.23. The van der Waals surface area contributed by atoms with Gasteiger partial charge in [-0.2, -0.15) is 0 Å². The maximum atomic E-state index is 12.9. The number of carbonyl (C=O) groups excluding carboxylic acids is 1. The molecule has 9 heteroatoms. The third-order valence-corrected chi connectivity index (χ3v) is 6.01. The lowest BCUT2D eigenvalue weighted by atomic mass is 9.88. The van der Waals surface area contributed by atoms with E-state index in [4.69, 9.17) is 20.8 Å². The molecule has 2 heterocycles. The Balaban J connectivity index is 0.000000371. The molecule has 1 aromatic heterocycles. The van der Waals surface area contributed by atoms with E-state index >= 15 is 0 Å². The van der Waals surface area contributed by atoms with Gasteiger partial charge in [-0.1, -0.05) is 0 Å². The number of benzene rings is 2. The number of nitrogen functional groups attached to an aromatic ring is 1. The van der Waals surface area contributed by atoms with Gasteiger partial charge in [0, 0.05) is 34.9 Å². The molecule has 1 aliphatic heterocycles. The van der Waals surface area contributed by atoms with Crippen LogP contribution in [0, 0.1) is 0 Å². The number of nitrogens with zero attached hydrogens (tertiary/aromatic N) is 2. The molecule has 4 rings (SSSR count). The maximum Gasteiger partial charge on any atom is 0.328 e. The number of ether oxygens (including phenoxy) is 1. The van der Waals surface area contributed by atoms with E-state index in [2.05, 4.69) is 11.9 Å². The Morgan fingerprint density at radius 3 is 2.09 bits per heavy atom. The van der Waals surface area contributed by atoms with Crippen molar-refractivity contribution < 1.29 is 29.3 Å². The monoisotopic (exact) mass is 479 g/mol. The average molecular weight is 480 g/mol. The molecular weight excluding hydrogens is 450 g/mol. The molecule has 0 aliphatic carbocycles. The number of hydrogen-bond donors (Lipinski definition) is 3. The molecule has 0 amide bonds. The van der Waals surface area contributed by atoms with Crippen molar-refractivity contribution in [1.82, 2.24) is 9.58 Å². The summed E-state index contributed by atoms with van der Waals surface area (Å²) >= 11 is 0. The van der Waals surface area contributed by atoms with Crippen molar-refractivity contribution in [1.29, 1.82) is 0 Å². The van der Waals surface area contributed by atoms with Crippen molar-refractivity contribution >= 4 is 28.6 Å². The van der Waals surface area contributed by atoms with E-state index in [0.717, 1.165) is 42.6 Å². The van der Waals surface area contributed by atoms with Gasteiger partial charge < -0.3 is 25.7 Å². The Kier molecular flexibility index (Phi) is 8.27. The highest BCUT2D eigenvalue weighted by atomic mass is 16.5. The summed E-state index contributed by atoms with van der Waals surface area (Å²) in [5.74, 6) is 4.91. The van der Waals surface area contributed by atoms with E-state index in [1.165, 1.54) is 5.56 Å². The smallest absolute Gasteiger partial charge is 0.328 e. The molecule has 35 heavy (non-hydrogen) atoms. The zero-order valence-electron chi connectivity index (χ0n) is 19.7. The summed E-state index contributed by atoms with van der Waals surface area (Å²) < 4.78 is 6.86. The van der Waals surface area contributed by atoms with Crippen LogP contribution in [0.5, 0.6) is 5.75 Å². The lowest BCUT2D eigenvalue weighted by Gasteiger charge is -2.28. The zero-order valence-corrected chi connectivity index (χ0v) is 19.7. The second-order valence-electron chi connectivity index (χ2n) is 8.37. The van der Waals surface area contributed by atoms with Gasteiger partial charge in [0.05, 0.1) is 12.6 Å². The highest BCUT2D eigenvalue weighted by molar-refractivity contribution is 6.10. The Labute approximate surface area is 203 Å². The standard InChI is InChI=1S/C22H25N3O2.C4H4O4/c1-24-11-9-15(10-12-24)20-14-25(23)21-8-5-17(13-19(20)21)22(26)16-3-6-18(27-2)7-4-16;5-3(6)1-2-4(7)8/h3-8,13-15H,9-12,23H2,1-2H3;1-2H,(H,5,6)(H,7,8)/b;2-1+. The molecule has 1 aliphatic rings. The number of piperidine rings is 1. The number of nitrogens with two attached hydrogens (primary N) is 1. The number of methoxy groups -OCH3 is 1. The number of fused-ring (bicyclic) bond motifs is 1. The second-order valence-corrected chi connectivity index (χ2v) is 8.37. The first-order valence-corrected chi connectivity index (χ1v) is 11.1. The van der Waals surface area contributed by atoms with Crippen LogP contribution >= 0.6 is 0 Å². The van der Waals surface area contributed by atoms with Crippen molar-refractivity contribution in [3.05, 3.63) is 77.5 Å². The largest absolute Gasteiger partial charge is 0.497 e. The third-order valence-electron chi connectivity index (χ3n) is 6.01. The van der Waals surface area contributed by atoms with Gasteiger partial charge in [-0.3, -0.25) is 9.47 Å². The molecule has 0 saturated carbocycles. The lowest BCUT2D eigenvalue weighted by Crippen LogP contribution is -2.29. The molecule has 1 saturated heterocycles. The van der Waals surface area contributed by atoms with E-state index in [0.29, 0.717) is 29.2 Å². The van der Waals surface area contributed by atoms with E-state index < -0.39 is 11.9 Å². The first-order chi connectivity index (χ1) is 16.7. The van der Waals surface area contributed by atoms with Gasteiger partial charge in [0.25, 0.3) is 0 Å². The molecule has 0 unspecified atom stereocenters. The number of carboxylic acids is 2. The fraction of sp³-hybridized carbons (Fsp3) is 0.269. The molecule has 1 fully saturated rings. The topological polar surface area (TPSA) is 135 Å². The first kappa shape index (κ1) is 25.5. The molecule has 0 spiro atoms. The van der Waals surface area contributed by atoms with Gasteiger partial charge in [-0.05, 0) is 86.9 Å². The first-order valence-electron chi connectivity index (χ1n) is 11.1. The number of carboxylic acid groups (broad SMARTS) is 2. The van der Waals surface area contributed by atoms with Gasteiger partial charge in [-0.15, -0.1) is 0 Å². The predicted octanol–water partition coefficient (Wildman–Crippen LogP) is 3.12. The SMILES string of the molecule is COc1ccc(C(=O)c2ccc3c(c2)c(C2CCN(C)CC2)cn3N)cc1.O=C(O)/C=C/C(=O)O. The Hall–Kier alpha value is -4.11. The van der Waals surface area contributed by atoms with E-state index in [1.54, 1.807) is 23.9 Å². The van der Waals surface area contributed by atoms with Crippen LogP contribution in [0.3, 0.4) is 0 Å². The number of aliphatic carboxylic acids is 2. The van der Waals surface area contributed by atoms with Crippen LogP contribution < -0.4 is 10.6 Å². The number of carbonyl (C=O) groups is 3. The van der Waals surface area contributed by atoms with Crippen molar-refractivity contribution in [2.75, 3.05) is 33.1 Å². The van der Waals surface area contributed by atoms with Gasteiger partial charge in [-0.25, -0.2) is 9.59 Å². The number of rotatable bonds is 6. The normalized spacial score (nSPS) is 14.5. The number of likely N-dealkylation sites (tertiary alicyclic amines) is 1. The fourth-order valence-corrected chi connectivity index (χ4v) is 4.12. The van der Waals surface area contributed by atoms with Gasteiger partial charge in [0.1, 0.15) is 5.75 Å². The van der Waals surface area contributed by atoms with E-state index in [-0.39, 0.29) is 5.78 Å². The van der Waals surface area contributed by atoms with Crippen molar-refractivity contribution in [3.63, 3.8) is 0 Å². The van der Waals surface area contributed by atoms with Crippen LogP contribution in [0.2, 0.25) is 0 Å². The molecule has 2 aromatic carbocycles. The summed E-state index contributed by atoms with van der Waals surface area (Å²) in [5, 5.41) is 16.7. The minimum atomic E-state index is -1.26. The molecular formula is C26H29N3O6. The molecule has 184 valence electrons. The van der Waals surface area contributed by atoms with E-state index in [9.17, 15) is 14.4 Å². The molecule has 9 nitrogen and oxygen atoms in total. The highest BCUT2D eigenvalue weighted by Crippen LogP contribution is 2.34. The second kappa shape index (κ2) is 11.3. The molecule has 4 N–H and O–H groups in total. The Bertz CT molecular complexity index is 1220. The average Bonchev–Trinajstić information content (AvgIpc) is 3.19. The van der Waals surface area contributed by atoms with Gasteiger partial charge in [0.2, 0.25) is 0 Å². The summed E-state index contributed by atoms with van der Waals surface area (Å²) in [7, 11) is 3.78. The van der Waals surface area contributed by atoms with Crippen molar-refractivity contribution in [3.8, 4) is 5.75 Å². The maximum absolute atomic E-state index is 12.9. The summed E-state index contributed by atoms with van der Waals surface area (Å²) in [4.78, 5) is 34.4.